The van der Waals surface area contributed by atoms with E-state index in [2.05, 4.69) is 57.3 Å². The van der Waals surface area contributed by atoms with Crippen LogP contribution in [0.5, 0.6) is 0 Å². The lowest BCUT2D eigenvalue weighted by molar-refractivity contribution is 0.394. The Morgan fingerprint density at radius 3 is 2.72 bits per heavy atom. The van der Waals surface area contributed by atoms with E-state index in [1.807, 2.05) is 0 Å². The van der Waals surface area contributed by atoms with Crippen molar-refractivity contribution in [1.82, 2.24) is 5.32 Å². The second-order valence-electron chi connectivity index (χ2n) is 5.26. The Labute approximate surface area is 109 Å². The van der Waals surface area contributed by atoms with Gasteiger partial charge in [-0.3, -0.25) is 0 Å². The van der Waals surface area contributed by atoms with Crippen molar-refractivity contribution in [2.45, 2.75) is 33.6 Å². The molecule has 98 valence electrons. The Morgan fingerprint density at radius 1 is 1.22 bits per heavy atom. The fraction of sp³-hybridized carbons (Fsp3) is 0.500. The first-order chi connectivity index (χ1) is 8.61. The summed E-state index contributed by atoms with van der Waals surface area (Å²) in [5.74, 6) is 2.12. The van der Waals surface area contributed by atoms with E-state index in [1.54, 1.807) is 0 Å². The minimum Gasteiger partial charge on any atom is -0.461 e. The standard InChI is InChI=1S/C16H23NO/c1-5-17-10-12(3)13(4)16-9-14-8-11(2)6-7-15(14)18-16/h6-9,12-13,17H,5,10H2,1-4H3. The van der Waals surface area contributed by atoms with Gasteiger partial charge in [0.15, 0.2) is 0 Å². The molecule has 1 aromatic carbocycles. The van der Waals surface area contributed by atoms with Crippen LogP contribution in [0.15, 0.2) is 28.7 Å². The van der Waals surface area contributed by atoms with E-state index in [9.17, 15) is 0 Å². The van der Waals surface area contributed by atoms with E-state index in [-0.39, 0.29) is 0 Å². The molecule has 2 rings (SSSR count). The Morgan fingerprint density at radius 2 is 2.00 bits per heavy atom. The second kappa shape index (κ2) is 5.57. The van der Waals surface area contributed by atoms with Crippen molar-refractivity contribution in [1.29, 1.82) is 0 Å². The van der Waals surface area contributed by atoms with Gasteiger partial charge in [-0.05, 0) is 44.1 Å². The molecule has 0 aliphatic heterocycles. The summed E-state index contributed by atoms with van der Waals surface area (Å²) < 4.78 is 5.96. The van der Waals surface area contributed by atoms with Gasteiger partial charge in [0, 0.05) is 11.3 Å². The van der Waals surface area contributed by atoms with E-state index in [4.69, 9.17) is 4.42 Å². The van der Waals surface area contributed by atoms with E-state index in [0.717, 1.165) is 24.4 Å². The van der Waals surface area contributed by atoms with Crippen LogP contribution >= 0.6 is 0 Å². The third-order valence-electron chi connectivity index (χ3n) is 3.71. The van der Waals surface area contributed by atoms with Crippen molar-refractivity contribution in [2.24, 2.45) is 5.92 Å². The maximum absolute atomic E-state index is 5.96. The van der Waals surface area contributed by atoms with Crippen LogP contribution < -0.4 is 5.32 Å². The summed E-state index contributed by atoms with van der Waals surface area (Å²) in [5, 5.41) is 4.62. The smallest absolute Gasteiger partial charge is 0.134 e. The maximum Gasteiger partial charge on any atom is 0.134 e. The zero-order valence-electron chi connectivity index (χ0n) is 11.8. The highest BCUT2D eigenvalue weighted by Crippen LogP contribution is 2.29. The van der Waals surface area contributed by atoms with Gasteiger partial charge in [-0.25, -0.2) is 0 Å². The highest BCUT2D eigenvalue weighted by Gasteiger charge is 2.18. The van der Waals surface area contributed by atoms with E-state index in [0.29, 0.717) is 11.8 Å². The van der Waals surface area contributed by atoms with Crippen LogP contribution in [0.4, 0.5) is 0 Å². The molecule has 0 aliphatic rings. The van der Waals surface area contributed by atoms with Gasteiger partial charge in [0.2, 0.25) is 0 Å². The van der Waals surface area contributed by atoms with Crippen molar-refractivity contribution >= 4 is 11.0 Å². The minimum atomic E-state index is 0.441. The Balaban J connectivity index is 2.19. The first kappa shape index (κ1) is 13.2. The van der Waals surface area contributed by atoms with Crippen LogP contribution in [-0.2, 0) is 0 Å². The zero-order valence-corrected chi connectivity index (χ0v) is 11.8. The van der Waals surface area contributed by atoms with Gasteiger partial charge in [0.05, 0.1) is 0 Å². The molecule has 1 heterocycles. The van der Waals surface area contributed by atoms with Crippen molar-refractivity contribution in [3.8, 4) is 0 Å². The Kier molecular flexibility index (Phi) is 4.07. The first-order valence-electron chi connectivity index (χ1n) is 6.82. The van der Waals surface area contributed by atoms with Crippen LogP contribution in [0.1, 0.15) is 38.0 Å². The van der Waals surface area contributed by atoms with Crippen LogP contribution in [0, 0.1) is 12.8 Å². The summed E-state index contributed by atoms with van der Waals surface area (Å²) in [6, 6.07) is 8.54. The first-order valence-corrected chi connectivity index (χ1v) is 6.82. The Bertz CT molecular complexity index is 515. The van der Waals surface area contributed by atoms with Gasteiger partial charge in [0.1, 0.15) is 11.3 Å². The molecule has 1 aromatic heterocycles. The molecule has 0 saturated carbocycles. The number of furan rings is 1. The molecule has 2 atom stereocenters. The van der Waals surface area contributed by atoms with Gasteiger partial charge in [-0.1, -0.05) is 32.4 Å². The third kappa shape index (κ3) is 2.75. The quantitative estimate of drug-likeness (QED) is 0.858. The van der Waals surface area contributed by atoms with Crippen molar-refractivity contribution in [3.63, 3.8) is 0 Å². The predicted octanol–water partition coefficient (Wildman–Crippen LogP) is 4.09. The molecule has 1 N–H and O–H groups in total. The van der Waals surface area contributed by atoms with Crippen LogP contribution in [0.2, 0.25) is 0 Å². The van der Waals surface area contributed by atoms with Crippen molar-refractivity contribution < 1.29 is 4.42 Å². The number of fused-ring (bicyclic) bond motifs is 1. The molecule has 2 heteroatoms. The molecule has 18 heavy (non-hydrogen) atoms. The molecule has 0 radical (unpaired) electrons. The predicted molar refractivity (Wildman–Crippen MR) is 77.1 cm³/mol. The maximum atomic E-state index is 5.96. The molecule has 2 unspecified atom stereocenters. The van der Waals surface area contributed by atoms with E-state index < -0.39 is 0 Å². The number of benzene rings is 1. The van der Waals surface area contributed by atoms with Gasteiger partial charge in [-0.2, -0.15) is 0 Å². The average molecular weight is 245 g/mol. The van der Waals surface area contributed by atoms with Gasteiger partial charge < -0.3 is 9.73 Å². The zero-order chi connectivity index (χ0) is 13.1. The van der Waals surface area contributed by atoms with E-state index in [1.165, 1.54) is 10.9 Å². The molecule has 2 aromatic rings. The molecule has 0 amide bonds. The van der Waals surface area contributed by atoms with Crippen molar-refractivity contribution in [3.05, 3.63) is 35.6 Å². The van der Waals surface area contributed by atoms with Crippen LogP contribution in [0.25, 0.3) is 11.0 Å². The number of rotatable bonds is 5. The lowest BCUT2D eigenvalue weighted by Gasteiger charge is -2.17. The summed E-state index contributed by atoms with van der Waals surface area (Å²) in [6.07, 6.45) is 0. The Hall–Kier alpha value is -1.28. The fourth-order valence-corrected chi connectivity index (χ4v) is 2.24. The highest BCUT2D eigenvalue weighted by atomic mass is 16.3. The highest BCUT2D eigenvalue weighted by molar-refractivity contribution is 5.78. The molecular formula is C16H23NO. The lowest BCUT2D eigenvalue weighted by Crippen LogP contribution is -2.23. The van der Waals surface area contributed by atoms with Crippen molar-refractivity contribution in [2.75, 3.05) is 13.1 Å². The fourth-order valence-electron chi connectivity index (χ4n) is 2.24. The third-order valence-corrected chi connectivity index (χ3v) is 3.71. The summed E-state index contributed by atoms with van der Waals surface area (Å²) in [6.45, 7) is 10.8. The van der Waals surface area contributed by atoms with Gasteiger partial charge >= 0.3 is 0 Å². The summed E-state index contributed by atoms with van der Waals surface area (Å²) in [7, 11) is 0. The molecule has 0 spiro atoms. The molecule has 0 saturated heterocycles. The molecule has 0 fully saturated rings. The average Bonchev–Trinajstić information content (AvgIpc) is 2.77. The summed E-state index contributed by atoms with van der Waals surface area (Å²) in [5.41, 5.74) is 2.28. The normalized spacial score (nSPS) is 14.9. The van der Waals surface area contributed by atoms with E-state index >= 15 is 0 Å². The largest absolute Gasteiger partial charge is 0.461 e. The summed E-state index contributed by atoms with van der Waals surface area (Å²) in [4.78, 5) is 0. The number of hydrogen-bond donors (Lipinski definition) is 1. The molecule has 2 nitrogen and oxygen atoms in total. The molecule has 0 aliphatic carbocycles. The van der Waals surface area contributed by atoms with Crippen LogP contribution in [-0.4, -0.2) is 13.1 Å². The van der Waals surface area contributed by atoms with Gasteiger partial charge in [0.25, 0.3) is 0 Å². The number of nitrogens with one attached hydrogen (secondary N) is 1. The second-order valence-corrected chi connectivity index (χ2v) is 5.26. The number of aryl methyl sites for hydroxylation is 1. The minimum absolute atomic E-state index is 0.441. The van der Waals surface area contributed by atoms with Gasteiger partial charge in [-0.15, -0.1) is 0 Å². The number of hydrogen-bond acceptors (Lipinski definition) is 2. The molecular weight excluding hydrogens is 222 g/mol. The SMILES string of the molecule is CCNCC(C)C(C)c1cc2cc(C)ccc2o1. The summed E-state index contributed by atoms with van der Waals surface area (Å²) >= 11 is 0. The monoisotopic (exact) mass is 245 g/mol. The topological polar surface area (TPSA) is 25.2 Å². The molecule has 0 bridgehead atoms. The van der Waals surface area contributed by atoms with Crippen LogP contribution in [0.3, 0.4) is 0 Å². The lowest BCUT2D eigenvalue weighted by atomic mass is 9.93.